The number of allylic oxidation sites excluding steroid dienone is 2. The molecule has 0 amide bonds. The van der Waals surface area contributed by atoms with Gasteiger partial charge in [0.2, 0.25) is 0 Å². The van der Waals surface area contributed by atoms with Crippen molar-refractivity contribution in [1.29, 1.82) is 0 Å². The number of aliphatic hydroxyl groups is 13. The second-order valence-corrected chi connectivity index (χ2v) is 34.4. The molecule has 10 fully saturated rings. The van der Waals surface area contributed by atoms with E-state index < -0.39 is 144 Å². The van der Waals surface area contributed by atoms with Crippen LogP contribution in [0.5, 0.6) is 0 Å². The third-order valence-corrected chi connectivity index (χ3v) is 28.2. The Balaban J connectivity index is 0.000000198. The minimum absolute atomic E-state index is 0.0102. The number of hydrogen-bond donors (Lipinski definition) is 13. The first-order valence-corrected chi connectivity index (χ1v) is 37.5. The topological polar surface area (TPSA) is 371 Å². The van der Waals surface area contributed by atoms with Crippen LogP contribution in [-0.2, 0) is 47.5 Å². The van der Waals surface area contributed by atoms with E-state index in [9.17, 15) is 76.0 Å². The highest BCUT2D eigenvalue weighted by atomic mass is 16.7. The molecule has 34 atom stereocenters. The Labute approximate surface area is 579 Å². The first-order valence-electron chi connectivity index (χ1n) is 37.5. The van der Waals surface area contributed by atoms with E-state index in [4.69, 9.17) is 37.9 Å². The number of ketones is 2. The summed E-state index contributed by atoms with van der Waals surface area (Å²) in [5, 5.41) is 141. The van der Waals surface area contributed by atoms with Gasteiger partial charge in [-0.1, -0.05) is 99.5 Å². The Morgan fingerprint density at radius 2 is 0.837 bits per heavy atom. The van der Waals surface area contributed by atoms with Crippen molar-refractivity contribution in [3.8, 4) is 0 Å². The molecular formula is C75H122O23. The zero-order chi connectivity index (χ0) is 71.3. The molecule has 4 heterocycles. The van der Waals surface area contributed by atoms with Gasteiger partial charge >= 0.3 is 0 Å². The highest BCUT2D eigenvalue weighted by Crippen LogP contribution is 2.71. The van der Waals surface area contributed by atoms with Crippen LogP contribution in [-0.4, -0.2) is 232 Å². The quantitative estimate of drug-likeness (QED) is 0.0844. The SMILES string of the molecule is CC(C)CCC(=O)[C@@H](C)[C@@]1(O)[C@@H](OC2OCC(O)C(OC3OCC(O)C(O)C3O)C2C)C[C@H]2[C@@H]3CC=C4C[C@@H](O)CC[C@]4(C)C3CC[C@@]21C.CC(C)CCC(=O)[C@@H](C)[C@@]1(O)[C@@H](OC2OCC(O)C(OC3OCC(O)C(O)C3O)C2O)C[C@H]2[C@@H]3CC=C4C[C@@H](O)CC[C@]4(C)C3CC[C@@]21C. The standard InChI is InChI=1S/C38H62O11.C37H60O12/c1-19(2)7-10-27(40)21(4)38(45)30(48-34-20(3)33(29(42)18-46-34)49-35-32(44)31(43)28(41)17-47-35)16-26-24-9-8-22-15-23(39)11-13-36(22,5)25(24)12-14-37(26,38)6;1-18(2)6-9-25(39)19(3)37(45)28(48-34-31(44)32(27(41)17-47-34)49-33-30(43)29(42)26(40)16-46-33)15-24-22-8-7-20-14-21(38)10-12-35(20,4)23(22)11-13-36(24,37)5/h8,19-21,23-26,28-35,39,41-45H,7,9-18H2,1-6H3;7,18-19,21-24,26-34,38,40-45H,6,8-17H2,1-5H3/t20?,21-,23+,24-,25?,26+,28?,29?,30+,31?,32?,33?,34?,35?,36+,37+,38-;19-,21+,22-,23?,24+,26?,27?,28+,29?,30?,31?,32?,33?,34?,35+,36+,37-/m11/s1. The maximum absolute atomic E-state index is 13.9. The molecule has 12 aliphatic rings. The summed E-state index contributed by atoms with van der Waals surface area (Å²) < 4.78 is 48.0. The third-order valence-electron chi connectivity index (χ3n) is 28.2. The van der Waals surface area contributed by atoms with Gasteiger partial charge in [-0.25, -0.2) is 0 Å². The van der Waals surface area contributed by atoms with Gasteiger partial charge in [0.05, 0.1) is 56.9 Å². The fourth-order valence-electron chi connectivity index (χ4n) is 21.8. The Bertz CT molecular complexity index is 2640. The predicted molar refractivity (Wildman–Crippen MR) is 354 cm³/mol. The van der Waals surface area contributed by atoms with E-state index in [0.717, 1.165) is 70.6 Å². The molecule has 0 aromatic carbocycles. The van der Waals surface area contributed by atoms with Crippen molar-refractivity contribution < 1.29 is 114 Å². The van der Waals surface area contributed by atoms with Crippen LogP contribution in [0.4, 0.5) is 0 Å². The molecular weight excluding hydrogens is 1270 g/mol. The highest BCUT2D eigenvalue weighted by Gasteiger charge is 2.73. The van der Waals surface area contributed by atoms with Gasteiger partial charge in [0.25, 0.3) is 0 Å². The maximum Gasteiger partial charge on any atom is 0.186 e. The summed E-state index contributed by atoms with van der Waals surface area (Å²) in [7, 11) is 0. The third kappa shape index (κ3) is 13.6. The molecule has 6 saturated carbocycles. The number of carbonyl (C=O) groups excluding carboxylic acids is 2. The molecule has 4 saturated heterocycles. The van der Waals surface area contributed by atoms with Crippen molar-refractivity contribution in [1.82, 2.24) is 0 Å². The monoisotopic (exact) mass is 1390 g/mol. The lowest BCUT2D eigenvalue weighted by Crippen LogP contribution is -2.63. The summed E-state index contributed by atoms with van der Waals surface area (Å²) in [6.07, 6.45) is -4.35. The smallest absolute Gasteiger partial charge is 0.186 e. The van der Waals surface area contributed by atoms with E-state index in [-0.39, 0.29) is 78.8 Å². The Morgan fingerprint density at radius 1 is 0.469 bits per heavy atom. The number of rotatable bonds is 18. The normalized spacial score (nSPS) is 50.6. The van der Waals surface area contributed by atoms with E-state index in [1.54, 1.807) is 13.8 Å². The van der Waals surface area contributed by atoms with Gasteiger partial charge in [0.1, 0.15) is 83.8 Å². The van der Waals surface area contributed by atoms with Gasteiger partial charge in [0, 0.05) is 41.4 Å². The number of hydrogen-bond acceptors (Lipinski definition) is 23. The molecule has 0 radical (unpaired) electrons. The van der Waals surface area contributed by atoms with Crippen LogP contribution in [0.1, 0.15) is 192 Å². The highest BCUT2D eigenvalue weighted by molar-refractivity contribution is 5.83. The van der Waals surface area contributed by atoms with Crippen LogP contribution in [0.25, 0.3) is 0 Å². The Kier molecular flexibility index (Phi) is 23.4. The summed E-state index contributed by atoms with van der Waals surface area (Å²) >= 11 is 0. The molecule has 23 heteroatoms. The second-order valence-electron chi connectivity index (χ2n) is 34.4. The fourth-order valence-corrected chi connectivity index (χ4v) is 21.8. The van der Waals surface area contributed by atoms with Gasteiger partial charge < -0.3 is 104 Å². The fraction of sp³-hybridized carbons (Fsp3) is 0.920. The predicted octanol–water partition coefficient (Wildman–Crippen LogP) is 4.44. The first kappa shape index (κ1) is 77.1. The Morgan fingerprint density at radius 3 is 1.26 bits per heavy atom. The number of aliphatic hydroxyl groups excluding tert-OH is 11. The number of Topliss-reactive ketones (excluding diaryl/α,β-unsaturated/α-hetero) is 2. The van der Waals surface area contributed by atoms with E-state index in [2.05, 4.69) is 67.5 Å². The number of fused-ring (bicyclic) bond motifs is 10. The molecule has 0 aromatic heterocycles. The zero-order valence-electron chi connectivity index (χ0n) is 59.9. The number of ether oxygens (including phenoxy) is 8. The summed E-state index contributed by atoms with van der Waals surface area (Å²) in [5.74, 6) is 0.118. The van der Waals surface area contributed by atoms with Gasteiger partial charge in [-0.3, -0.25) is 9.59 Å². The first-order chi connectivity index (χ1) is 46.0. The summed E-state index contributed by atoms with van der Waals surface area (Å²) in [6.45, 7) is 21.8. The van der Waals surface area contributed by atoms with Crippen molar-refractivity contribution >= 4 is 11.6 Å². The van der Waals surface area contributed by atoms with Crippen LogP contribution in [0.3, 0.4) is 0 Å². The largest absolute Gasteiger partial charge is 0.393 e. The lowest BCUT2D eigenvalue weighted by atomic mass is 9.46. The molecule has 13 N–H and O–H groups in total. The Hall–Kier alpha value is -2.02. The summed E-state index contributed by atoms with van der Waals surface area (Å²) in [4.78, 5) is 27.7. The molecule has 18 unspecified atom stereocenters. The lowest BCUT2D eigenvalue weighted by molar-refractivity contribution is -0.344. The molecule has 12 rings (SSSR count). The molecule has 8 aliphatic carbocycles. The van der Waals surface area contributed by atoms with E-state index in [0.29, 0.717) is 74.5 Å². The van der Waals surface area contributed by atoms with Crippen molar-refractivity contribution in [2.75, 3.05) is 26.4 Å². The molecule has 98 heavy (non-hydrogen) atoms. The van der Waals surface area contributed by atoms with Crippen LogP contribution in [0.2, 0.25) is 0 Å². The maximum atomic E-state index is 13.9. The van der Waals surface area contributed by atoms with Crippen LogP contribution < -0.4 is 0 Å². The van der Waals surface area contributed by atoms with E-state index in [1.807, 2.05) is 6.92 Å². The van der Waals surface area contributed by atoms with Crippen molar-refractivity contribution in [3.63, 3.8) is 0 Å². The molecule has 23 nitrogen and oxygen atoms in total. The van der Waals surface area contributed by atoms with Crippen molar-refractivity contribution in [2.24, 2.45) is 86.8 Å². The zero-order valence-corrected chi connectivity index (χ0v) is 59.9. The molecule has 0 spiro atoms. The average molecular weight is 1390 g/mol. The molecule has 4 aliphatic heterocycles. The second kappa shape index (κ2) is 29.7. The van der Waals surface area contributed by atoms with Crippen molar-refractivity contribution in [2.45, 2.75) is 320 Å². The summed E-state index contributed by atoms with van der Waals surface area (Å²) in [5.41, 5.74) is -1.62. The van der Waals surface area contributed by atoms with Crippen LogP contribution in [0.15, 0.2) is 23.3 Å². The summed E-state index contributed by atoms with van der Waals surface area (Å²) in [6, 6.07) is 0. The molecule has 560 valence electrons. The van der Waals surface area contributed by atoms with Crippen molar-refractivity contribution in [3.05, 3.63) is 23.3 Å². The minimum Gasteiger partial charge on any atom is -0.393 e. The van der Waals surface area contributed by atoms with E-state index >= 15 is 0 Å². The lowest BCUT2D eigenvalue weighted by Gasteiger charge is -2.59. The van der Waals surface area contributed by atoms with Gasteiger partial charge in [-0.2, -0.15) is 0 Å². The van der Waals surface area contributed by atoms with Crippen LogP contribution in [0, 0.1) is 86.8 Å². The molecule has 0 aromatic rings. The van der Waals surface area contributed by atoms with Gasteiger partial charge in [-0.15, -0.1) is 0 Å². The van der Waals surface area contributed by atoms with Gasteiger partial charge in [-0.05, 0) is 161 Å². The number of carbonyl (C=O) groups is 2. The minimum atomic E-state index is -1.63. The van der Waals surface area contributed by atoms with Crippen LogP contribution >= 0.6 is 0 Å². The van der Waals surface area contributed by atoms with Gasteiger partial charge in [0.15, 0.2) is 25.2 Å². The molecule has 0 bridgehead atoms. The average Bonchev–Trinajstić information content (AvgIpc) is 1.51. The van der Waals surface area contributed by atoms with E-state index in [1.165, 1.54) is 11.1 Å².